The Morgan fingerprint density at radius 1 is 1.33 bits per heavy atom. The normalized spacial score (nSPS) is 24.9. The van der Waals surface area contributed by atoms with Crippen LogP contribution in [0.3, 0.4) is 0 Å². The lowest BCUT2D eigenvalue weighted by molar-refractivity contribution is -0.0352. The molecule has 1 atom stereocenters. The molecule has 0 aliphatic carbocycles. The van der Waals surface area contributed by atoms with E-state index in [9.17, 15) is 4.39 Å². The smallest absolute Gasteiger partial charge is 0.166 e. The van der Waals surface area contributed by atoms with Crippen molar-refractivity contribution in [2.45, 2.75) is 44.6 Å². The summed E-state index contributed by atoms with van der Waals surface area (Å²) in [5.74, 6) is -0.383. The molecular formula is C13H17BClFNO. The summed E-state index contributed by atoms with van der Waals surface area (Å²) in [6.45, 7) is 8.15. The third-order valence-corrected chi connectivity index (χ3v) is 4.29. The van der Waals surface area contributed by atoms with Crippen LogP contribution in [0.15, 0.2) is 12.1 Å². The standard InChI is InChI=1S/C13H17BClFNO/c1-12(2)13(3,4)18-11(14-12)7-5-8(15)10(17)6-9(7)16/h5-6,11H,17H2,1-4H3. The van der Waals surface area contributed by atoms with E-state index < -0.39 is 6.00 Å². The van der Waals surface area contributed by atoms with Crippen molar-refractivity contribution < 1.29 is 9.13 Å². The summed E-state index contributed by atoms with van der Waals surface area (Å²) >= 11 is 5.95. The van der Waals surface area contributed by atoms with Gasteiger partial charge in [0.25, 0.3) is 0 Å². The molecule has 0 aromatic heterocycles. The quantitative estimate of drug-likeness (QED) is 0.621. The Morgan fingerprint density at radius 3 is 2.44 bits per heavy atom. The fourth-order valence-electron chi connectivity index (χ4n) is 2.03. The highest BCUT2D eigenvalue weighted by Gasteiger charge is 2.49. The number of halogens is 2. The van der Waals surface area contributed by atoms with Crippen molar-refractivity contribution in [3.05, 3.63) is 28.5 Å². The van der Waals surface area contributed by atoms with Crippen molar-refractivity contribution in [1.82, 2.24) is 0 Å². The van der Waals surface area contributed by atoms with Gasteiger partial charge in [0, 0.05) is 5.56 Å². The number of hydrogen-bond acceptors (Lipinski definition) is 2. The number of ether oxygens (including phenoxy) is 1. The number of nitrogens with two attached hydrogens (primary N) is 1. The van der Waals surface area contributed by atoms with Crippen LogP contribution < -0.4 is 5.73 Å². The third-order valence-electron chi connectivity index (χ3n) is 3.96. The highest BCUT2D eigenvalue weighted by molar-refractivity contribution is 6.43. The average Bonchev–Trinajstić information content (AvgIpc) is 2.42. The van der Waals surface area contributed by atoms with E-state index >= 15 is 0 Å². The molecule has 2 nitrogen and oxygen atoms in total. The zero-order valence-electron chi connectivity index (χ0n) is 11.1. The average molecular weight is 269 g/mol. The Morgan fingerprint density at radius 2 is 1.94 bits per heavy atom. The third kappa shape index (κ3) is 2.12. The van der Waals surface area contributed by atoms with E-state index in [1.54, 1.807) is 6.07 Å². The molecule has 1 aliphatic rings. The minimum Gasteiger partial charge on any atom is -0.397 e. The van der Waals surface area contributed by atoms with Crippen LogP contribution in [0.2, 0.25) is 10.3 Å². The Labute approximate surface area is 113 Å². The molecule has 5 heteroatoms. The first-order chi connectivity index (χ1) is 8.14. The van der Waals surface area contributed by atoms with E-state index in [2.05, 4.69) is 13.8 Å². The molecule has 1 unspecified atom stereocenters. The van der Waals surface area contributed by atoms with Gasteiger partial charge in [-0.1, -0.05) is 25.4 Å². The monoisotopic (exact) mass is 268 g/mol. The minimum atomic E-state index is -0.395. The van der Waals surface area contributed by atoms with Crippen LogP contribution in [0.25, 0.3) is 0 Å². The van der Waals surface area contributed by atoms with Crippen molar-refractivity contribution in [1.29, 1.82) is 0 Å². The predicted octanol–water partition coefficient (Wildman–Crippen LogP) is 3.77. The molecule has 2 rings (SSSR count). The van der Waals surface area contributed by atoms with Gasteiger partial charge in [-0.2, -0.15) is 0 Å². The van der Waals surface area contributed by atoms with Crippen LogP contribution in [-0.2, 0) is 4.74 Å². The minimum absolute atomic E-state index is 0.141. The maximum Gasteiger partial charge on any atom is 0.166 e. The molecule has 1 radical (unpaired) electrons. The van der Waals surface area contributed by atoms with E-state index in [-0.39, 0.29) is 22.4 Å². The largest absolute Gasteiger partial charge is 0.397 e. The van der Waals surface area contributed by atoms with Gasteiger partial charge in [0.05, 0.1) is 22.3 Å². The number of anilines is 1. The Kier molecular flexibility index (Phi) is 3.15. The maximum absolute atomic E-state index is 13.9. The number of hydrogen-bond donors (Lipinski definition) is 1. The van der Waals surface area contributed by atoms with Crippen molar-refractivity contribution >= 4 is 24.6 Å². The number of rotatable bonds is 1. The number of benzene rings is 1. The number of nitrogen functional groups attached to an aromatic ring is 1. The highest BCUT2D eigenvalue weighted by atomic mass is 35.5. The van der Waals surface area contributed by atoms with Gasteiger partial charge in [-0.25, -0.2) is 4.39 Å². The molecule has 0 spiro atoms. The molecule has 1 aromatic rings. The first-order valence-electron chi connectivity index (χ1n) is 5.92. The maximum atomic E-state index is 13.9. The van der Waals surface area contributed by atoms with Crippen molar-refractivity contribution in [2.75, 3.05) is 5.73 Å². The van der Waals surface area contributed by atoms with E-state index in [0.717, 1.165) is 0 Å². The van der Waals surface area contributed by atoms with Gasteiger partial charge in [-0.15, -0.1) is 0 Å². The van der Waals surface area contributed by atoms with Crippen LogP contribution in [0.5, 0.6) is 0 Å². The summed E-state index contributed by atoms with van der Waals surface area (Å²) < 4.78 is 19.9. The molecular weight excluding hydrogens is 251 g/mol. The van der Waals surface area contributed by atoms with Crippen LogP contribution in [0, 0.1) is 5.82 Å². The second-order valence-electron chi connectivity index (χ2n) is 5.83. The van der Waals surface area contributed by atoms with Gasteiger partial charge in [0.1, 0.15) is 5.82 Å². The second kappa shape index (κ2) is 4.14. The van der Waals surface area contributed by atoms with Crippen molar-refractivity contribution in [3.8, 4) is 0 Å². The summed E-state index contributed by atoms with van der Waals surface area (Å²) in [4.78, 5) is 0. The summed E-state index contributed by atoms with van der Waals surface area (Å²) in [5, 5.41) is 0.212. The molecule has 0 bridgehead atoms. The first-order valence-corrected chi connectivity index (χ1v) is 6.30. The van der Waals surface area contributed by atoms with Gasteiger partial charge in [-0.3, -0.25) is 0 Å². The van der Waals surface area contributed by atoms with Crippen LogP contribution in [0.1, 0.15) is 39.3 Å². The van der Waals surface area contributed by atoms with E-state index in [0.29, 0.717) is 10.6 Å². The molecule has 2 N–H and O–H groups in total. The molecule has 1 fully saturated rings. The Balaban J connectivity index is 2.38. The fraction of sp³-hybridized carbons (Fsp3) is 0.538. The summed E-state index contributed by atoms with van der Waals surface area (Å²) in [6, 6.07) is 2.39. The van der Waals surface area contributed by atoms with E-state index in [1.807, 2.05) is 21.1 Å². The van der Waals surface area contributed by atoms with Crippen LogP contribution in [0.4, 0.5) is 10.1 Å². The molecule has 1 saturated heterocycles. The van der Waals surface area contributed by atoms with E-state index in [4.69, 9.17) is 22.1 Å². The fourth-order valence-corrected chi connectivity index (χ4v) is 2.20. The lowest BCUT2D eigenvalue weighted by atomic mass is 9.47. The van der Waals surface area contributed by atoms with Gasteiger partial charge in [-0.05, 0) is 31.3 Å². The summed E-state index contributed by atoms with van der Waals surface area (Å²) in [7, 11) is 2.01. The van der Waals surface area contributed by atoms with E-state index in [1.165, 1.54) is 6.07 Å². The molecule has 1 aliphatic heterocycles. The first kappa shape index (κ1) is 13.7. The molecule has 0 saturated carbocycles. The highest BCUT2D eigenvalue weighted by Crippen LogP contribution is 2.51. The molecule has 1 heterocycles. The lowest BCUT2D eigenvalue weighted by Gasteiger charge is -2.33. The summed E-state index contributed by atoms with van der Waals surface area (Å²) in [6.07, 6.45) is 0. The zero-order chi connectivity index (χ0) is 13.7. The van der Waals surface area contributed by atoms with Crippen molar-refractivity contribution in [3.63, 3.8) is 0 Å². The molecule has 1 aromatic carbocycles. The Bertz CT molecular complexity index is 474. The van der Waals surface area contributed by atoms with Gasteiger partial charge < -0.3 is 10.5 Å². The van der Waals surface area contributed by atoms with Crippen LogP contribution in [-0.4, -0.2) is 12.9 Å². The Hall–Kier alpha value is -0.735. The van der Waals surface area contributed by atoms with Gasteiger partial charge in [0.15, 0.2) is 7.28 Å². The van der Waals surface area contributed by atoms with Crippen molar-refractivity contribution in [2.24, 2.45) is 0 Å². The summed E-state index contributed by atoms with van der Waals surface area (Å²) in [5.41, 5.74) is 5.91. The molecule has 97 valence electrons. The zero-order valence-corrected chi connectivity index (χ0v) is 11.8. The molecule has 0 amide bonds. The van der Waals surface area contributed by atoms with Gasteiger partial charge in [0.2, 0.25) is 0 Å². The van der Waals surface area contributed by atoms with Gasteiger partial charge >= 0.3 is 0 Å². The SMILES string of the molecule is CC1(C)[B]C(c2cc(Cl)c(N)cc2F)OC1(C)C. The molecule has 18 heavy (non-hydrogen) atoms. The predicted molar refractivity (Wildman–Crippen MR) is 73.5 cm³/mol. The second-order valence-corrected chi connectivity index (χ2v) is 6.24. The topological polar surface area (TPSA) is 35.2 Å². The lowest BCUT2D eigenvalue weighted by Crippen LogP contribution is -2.31. The van der Waals surface area contributed by atoms with Crippen LogP contribution >= 0.6 is 11.6 Å².